The summed E-state index contributed by atoms with van der Waals surface area (Å²) in [4.78, 5) is 14.7. The van der Waals surface area contributed by atoms with Crippen LogP contribution in [-0.2, 0) is 0 Å². The summed E-state index contributed by atoms with van der Waals surface area (Å²) in [7, 11) is 3.95. The zero-order chi connectivity index (χ0) is 23.4. The van der Waals surface area contributed by atoms with Gasteiger partial charge in [-0.05, 0) is 73.8 Å². The average Bonchev–Trinajstić information content (AvgIpc) is 3.24. The molecule has 34 heavy (non-hydrogen) atoms. The smallest absolute Gasteiger partial charge is 0.251 e. The quantitative estimate of drug-likeness (QED) is 0.303. The summed E-state index contributed by atoms with van der Waals surface area (Å²) < 4.78 is 3.03. The van der Waals surface area contributed by atoms with E-state index in [0.29, 0.717) is 17.8 Å². The molecular formula is C27H27BrClN3O2. The summed E-state index contributed by atoms with van der Waals surface area (Å²) in [5.41, 5.74) is 5.02. The number of carbonyl (C=O) groups excluding carboxylic acids is 1. The van der Waals surface area contributed by atoms with Gasteiger partial charge in [0, 0.05) is 23.1 Å². The number of aromatic hydroxyl groups is 1. The molecule has 0 spiro atoms. The number of likely N-dealkylation sites (N-methyl/N-ethyl adjacent to an activating group) is 1. The number of nitrogens with zero attached hydrogens (tertiary/aromatic N) is 2. The largest absolute Gasteiger partial charge is 0.506 e. The van der Waals surface area contributed by atoms with E-state index in [1.165, 1.54) is 0 Å². The predicted molar refractivity (Wildman–Crippen MR) is 144 cm³/mol. The van der Waals surface area contributed by atoms with Crippen molar-refractivity contribution in [2.45, 2.75) is 0 Å². The summed E-state index contributed by atoms with van der Waals surface area (Å²) in [6.07, 6.45) is 0. The molecule has 1 amide bonds. The van der Waals surface area contributed by atoms with Gasteiger partial charge in [-0.3, -0.25) is 4.79 Å². The first kappa shape index (κ1) is 25.6. The van der Waals surface area contributed by atoms with Gasteiger partial charge in [0.2, 0.25) is 0 Å². The van der Waals surface area contributed by atoms with E-state index in [1.54, 1.807) is 12.1 Å². The molecule has 1 aromatic heterocycles. The van der Waals surface area contributed by atoms with Crippen molar-refractivity contribution in [2.24, 2.45) is 0 Å². The molecule has 176 valence electrons. The second-order valence-corrected chi connectivity index (χ2v) is 8.99. The highest BCUT2D eigenvalue weighted by atomic mass is 79.9. The van der Waals surface area contributed by atoms with Crippen molar-refractivity contribution < 1.29 is 9.90 Å². The maximum absolute atomic E-state index is 12.7. The van der Waals surface area contributed by atoms with Gasteiger partial charge in [0.05, 0.1) is 17.1 Å². The Labute approximate surface area is 214 Å². The Hall–Kier alpha value is -3.06. The highest BCUT2D eigenvalue weighted by Gasteiger charge is 2.17. The number of hydrogen-bond acceptors (Lipinski definition) is 3. The van der Waals surface area contributed by atoms with Crippen molar-refractivity contribution in [3.8, 4) is 34.0 Å². The fourth-order valence-corrected chi connectivity index (χ4v) is 4.00. The van der Waals surface area contributed by atoms with Gasteiger partial charge in [-0.2, -0.15) is 0 Å². The molecule has 1 heterocycles. The number of para-hydroxylation sites is 2. The summed E-state index contributed by atoms with van der Waals surface area (Å²) in [5.74, 6) is 0.0818. The number of benzene rings is 3. The lowest BCUT2D eigenvalue weighted by atomic mass is 10.1. The third-order valence-corrected chi connectivity index (χ3v) is 5.94. The number of halogens is 2. The Kier molecular flexibility index (Phi) is 8.56. The van der Waals surface area contributed by atoms with Crippen LogP contribution < -0.4 is 5.32 Å². The van der Waals surface area contributed by atoms with Gasteiger partial charge in [-0.25, -0.2) is 0 Å². The third-order valence-electron chi connectivity index (χ3n) is 5.41. The molecule has 0 saturated heterocycles. The van der Waals surface area contributed by atoms with E-state index < -0.39 is 0 Å². The molecule has 0 bridgehead atoms. The molecule has 0 atom stereocenters. The molecule has 5 nitrogen and oxygen atoms in total. The van der Waals surface area contributed by atoms with Gasteiger partial charge in [-0.1, -0.05) is 52.3 Å². The molecule has 3 aromatic carbocycles. The highest BCUT2D eigenvalue weighted by Crippen LogP contribution is 2.36. The number of nitrogens with one attached hydrogen (secondary N) is 1. The molecule has 2 N–H and O–H groups in total. The van der Waals surface area contributed by atoms with Crippen molar-refractivity contribution >= 4 is 34.2 Å². The number of phenols is 1. The topological polar surface area (TPSA) is 57.5 Å². The number of amides is 1. The van der Waals surface area contributed by atoms with Gasteiger partial charge in [0.1, 0.15) is 5.75 Å². The standard InChI is InChI=1S/C27H26BrN3O2.ClH/c1-30(2)17-16-29-27(33)21-7-5-6-20(18-21)24-15-14-23(19-10-12-22(28)13-11-19)31(24)25-8-3-4-9-26(25)32;/h3-15,18,32H,16-17H2,1-2H3,(H,29,33);1H. The summed E-state index contributed by atoms with van der Waals surface area (Å²) in [6.45, 7) is 1.36. The molecule has 0 aliphatic rings. The highest BCUT2D eigenvalue weighted by molar-refractivity contribution is 9.10. The van der Waals surface area contributed by atoms with Crippen LogP contribution in [0, 0.1) is 0 Å². The van der Waals surface area contributed by atoms with Gasteiger partial charge < -0.3 is 19.9 Å². The van der Waals surface area contributed by atoms with Crippen LogP contribution in [0.1, 0.15) is 10.4 Å². The number of rotatable bonds is 7. The zero-order valence-electron chi connectivity index (χ0n) is 19.0. The molecule has 0 unspecified atom stereocenters. The van der Waals surface area contributed by atoms with Gasteiger partial charge >= 0.3 is 0 Å². The van der Waals surface area contributed by atoms with Crippen LogP contribution >= 0.6 is 28.3 Å². The van der Waals surface area contributed by atoms with Gasteiger partial charge in [0.25, 0.3) is 5.91 Å². The minimum absolute atomic E-state index is 0. The SMILES string of the molecule is CN(C)CCNC(=O)c1cccc(-c2ccc(-c3ccc(Br)cc3)n2-c2ccccc2O)c1.Cl. The van der Waals surface area contributed by atoms with E-state index in [9.17, 15) is 9.90 Å². The maximum atomic E-state index is 12.7. The molecule has 0 aliphatic carbocycles. The lowest BCUT2D eigenvalue weighted by Gasteiger charge is -2.16. The van der Waals surface area contributed by atoms with Gasteiger partial charge in [-0.15, -0.1) is 12.4 Å². The minimum Gasteiger partial charge on any atom is -0.506 e. The van der Waals surface area contributed by atoms with Crippen LogP contribution in [0.2, 0.25) is 0 Å². The molecule has 0 radical (unpaired) electrons. The number of carbonyl (C=O) groups is 1. The number of hydrogen-bond donors (Lipinski definition) is 2. The van der Waals surface area contributed by atoms with Gasteiger partial charge in [0.15, 0.2) is 0 Å². The van der Waals surface area contributed by atoms with E-state index in [2.05, 4.69) is 21.2 Å². The fraction of sp³-hybridized carbons (Fsp3) is 0.148. The van der Waals surface area contributed by atoms with Crippen LogP contribution in [0.15, 0.2) is 89.4 Å². The third kappa shape index (κ3) is 5.70. The van der Waals surface area contributed by atoms with Crippen molar-refractivity contribution in [3.63, 3.8) is 0 Å². The predicted octanol–water partition coefficient (Wildman–Crippen LogP) is 5.99. The van der Waals surface area contributed by atoms with Crippen LogP contribution in [0.25, 0.3) is 28.2 Å². The lowest BCUT2D eigenvalue weighted by Crippen LogP contribution is -2.31. The Morgan fingerprint density at radius 1 is 0.912 bits per heavy atom. The average molecular weight is 541 g/mol. The summed E-state index contributed by atoms with van der Waals surface area (Å²) in [5, 5.41) is 13.6. The van der Waals surface area contributed by atoms with Crippen molar-refractivity contribution in [3.05, 3.63) is 95.0 Å². The molecule has 0 saturated carbocycles. The normalized spacial score (nSPS) is 10.7. The van der Waals surface area contributed by atoms with E-state index >= 15 is 0 Å². The molecule has 7 heteroatoms. The number of phenolic OH excluding ortho intramolecular Hbond substituents is 1. The van der Waals surface area contributed by atoms with Crippen LogP contribution in [0.3, 0.4) is 0 Å². The van der Waals surface area contributed by atoms with Crippen LogP contribution in [-0.4, -0.2) is 47.7 Å². The maximum Gasteiger partial charge on any atom is 0.251 e. The van der Waals surface area contributed by atoms with E-state index in [-0.39, 0.29) is 24.1 Å². The number of aromatic nitrogens is 1. The first-order valence-electron chi connectivity index (χ1n) is 10.7. The van der Waals surface area contributed by atoms with E-state index in [0.717, 1.165) is 33.5 Å². The van der Waals surface area contributed by atoms with Crippen LogP contribution in [0.4, 0.5) is 0 Å². The lowest BCUT2D eigenvalue weighted by molar-refractivity contribution is 0.0951. The fourth-order valence-electron chi connectivity index (χ4n) is 3.74. The Morgan fingerprint density at radius 2 is 1.59 bits per heavy atom. The second kappa shape index (κ2) is 11.4. The Morgan fingerprint density at radius 3 is 2.26 bits per heavy atom. The molecule has 4 rings (SSSR count). The summed E-state index contributed by atoms with van der Waals surface area (Å²) in [6, 6.07) is 27.0. The van der Waals surface area contributed by atoms with Crippen molar-refractivity contribution in [2.75, 3.05) is 27.2 Å². The zero-order valence-corrected chi connectivity index (χ0v) is 21.4. The molecule has 4 aromatic rings. The summed E-state index contributed by atoms with van der Waals surface area (Å²) >= 11 is 3.49. The monoisotopic (exact) mass is 539 g/mol. The molecule has 0 fully saturated rings. The second-order valence-electron chi connectivity index (χ2n) is 8.07. The Bertz CT molecular complexity index is 1270. The van der Waals surface area contributed by atoms with Crippen LogP contribution in [0.5, 0.6) is 5.75 Å². The van der Waals surface area contributed by atoms with Crippen molar-refractivity contribution in [1.29, 1.82) is 0 Å². The van der Waals surface area contributed by atoms with E-state index in [4.69, 9.17) is 0 Å². The first-order valence-corrected chi connectivity index (χ1v) is 11.5. The molecule has 0 aliphatic heterocycles. The van der Waals surface area contributed by atoms with E-state index in [1.807, 2.05) is 96.4 Å². The Balaban J connectivity index is 0.00000324. The van der Waals surface area contributed by atoms with Crippen molar-refractivity contribution in [1.82, 2.24) is 14.8 Å². The minimum atomic E-state index is -0.104. The molecular weight excluding hydrogens is 514 g/mol. The first-order chi connectivity index (χ1) is 15.9.